The van der Waals surface area contributed by atoms with Crippen LogP contribution >= 0.6 is 0 Å². The molecule has 0 N–H and O–H groups in total. The highest BCUT2D eigenvalue weighted by Crippen LogP contribution is 2.16. The second-order valence-corrected chi connectivity index (χ2v) is 4.25. The molecule has 0 heterocycles. The van der Waals surface area contributed by atoms with E-state index >= 15 is 0 Å². The maximum Gasteiger partial charge on any atom is -0.00257 e. The monoisotopic (exact) mass is 222 g/mol. The largest absolute Gasteiger partial charge is 0.0985 e. The lowest BCUT2D eigenvalue weighted by Crippen LogP contribution is -1.92. The molecule has 0 saturated carbocycles. The standard InChI is InChI=1S/C17H18/c1-3-16-11-10-15(13-17(16)4-2)12-14-8-6-5-7-9-14/h3,5-11,13H,1,4,12H2,2H3. The first kappa shape index (κ1) is 11.7. The molecular weight excluding hydrogens is 204 g/mol. The van der Waals surface area contributed by atoms with Crippen LogP contribution < -0.4 is 0 Å². The minimum atomic E-state index is 1.01. The quantitative estimate of drug-likeness (QED) is 0.715. The molecule has 0 amide bonds. The lowest BCUT2D eigenvalue weighted by Gasteiger charge is -2.07. The first-order valence-electron chi connectivity index (χ1n) is 6.11. The highest BCUT2D eigenvalue weighted by Gasteiger charge is 2.00. The molecule has 2 aromatic carbocycles. The molecule has 0 saturated heterocycles. The van der Waals surface area contributed by atoms with Gasteiger partial charge in [-0.2, -0.15) is 0 Å². The fourth-order valence-electron chi connectivity index (χ4n) is 2.11. The van der Waals surface area contributed by atoms with E-state index in [-0.39, 0.29) is 0 Å². The molecule has 17 heavy (non-hydrogen) atoms. The molecule has 0 radical (unpaired) electrons. The summed E-state index contributed by atoms with van der Waals surface area (Å²) in [6.45, 7) is 6.04. The number of benzene rings is 2. The van der Waals surface area contributed by atoms with Gasteiger partial charge in [0.2, 0.25) is 0 Å². The predicted molar refractivity (Wildman–Crippen MR) is 75.2 cm³/mol. The van der Waals surface area contributed by atoms with Crippen LogP contribution in [-0.2, 0) is 12.8 Å². The molecule has 2 aromatic rings. The fraction of sp³-hybridized carbons (Fsp3) is 0.176. The molecule has 0 fully saturated rings. The van der Waals surface area contributed by atoms with Crippen LogP contribution in [0.1, 0.15) is 29.2 Å². The van der Waals surface area contributed by atoms with Crippen molar-refractivity contribution in [1.29, 1.82) is 0 Å². The molecule has 0 heteroatoms. The average molecular weight is 222 g/mol. The molecule has 0 atom stereocenters. The summed E-state index contributed by atoms with van der Waals surface area (Å²) in [7, 11) is 0. The summed E-state index contributed by atoms with van der Waals surface area (Å²) < 4.78 is 0. The molecule has 0 aliphatic rings. The van der Waals surface area contributed by atoms with Crippen LogP contribution in [0.3, 0.4) is 0 Å². The molecule has 0 aliphatic carbocycles. The van der Waals surface area contributed by atoms with Gasteiger partial charge in [0, 0.05) is 0 Å². The summed E-state index contributed by atoms with van der Waals surface area (Å²) in [4.78, 5) is 0. The Morgan fingerprint density at radius 2 is 1.76 bits per heavy atom. The minimum absolute atomic E-state index is 1.01. The Kier molecular flexibility index (Phi) is 3.77. The van der Waals surface area contributed by atoms with Crippen molar-refractivity contribution >= 4 is 6.08 Å². The van der Waals surface area contributed by atoms with Gasteiger partial charge in [0.1, 0.15) is 0 Å². The highest BCUT2D eigenvalue weighted by atomic mass is 14.1. The second kappa shape index (κ2) is 5.49. The van der Waals surface area contributed by atoms with Crippen molar-refractivity contribution in [2.24, 2.45) is 0 Å². The Bertz CT molecular complexity index is 495. The van der Waals surface area contributed by atoms with Gasteiger partial charge in [-0.05, 0) is 35.1 Å². The van der Waals surface area contributed by atoms with Crippen LogP contribution in [0.25, 0.3) is 6.08 Å². The van der Waals surface area contributed by atoms with Gasteiger partial charge in [0.05, 0.1) is 0 Å². The zero-order valence-electron chi connectivity index (χ0n) is 10.3. The number of hydrogen-bond donors (Lipinski definition) is 0. The zero-order chi connectivity index (χ0) is 12.1. The molecule has 2 rings (SSSR count). The third kappa shape index (κ3) is 2.85. The van der Waals surface area contributed by atoms with Crippen molar-refractivity contribution in [2.75, 3.05) is 0 Å². The molecular formula is C17H18. The molecule has 0 nitrogen and oxygen atoms in total. The van der Waals surface area contributed by atoms with Gasteiger partial charge in [-0.25, -0.2) is 0 Å². The summed E-state index contributed by atoms with van der Waals surface area (Å²) in [6, 6.07) is 17.3. The van der Waals surface area contributed by atoms with Gasteiger partial charge in [-0.15, -0.1) is 0 Å². The van der Waals surface area contributed by atoms with Crippen molar-refractivity contribution in [3.05, 3.63) is 77.4 Å². The van der Waals surface area contributed by atoms with Gasteiger partial charge in [0.25, 0.3) is 0 Å². The van der Waals surface area contributed by atoms with E-state index in [9.17, 15) is 0 Å². The summed E-state index contributed by atoms with van der Waals surface area (Å²) in [6.07, 6.45) is 4.00. The van der Waals surface area contributed by atoms with Crippen LogP contribution in [0.4, 0.5) is 0 Å². The second-order valence-electron chi connectivity index (χ2n) is 4.25. The van der Waals surface area contributed by atoms with E-state index in [0.29, 0.717) is 0 Å². The van der Waals surface area contributed by atoms with Crippen molar-refractivity contribution in [2.45, 2.75) is 19.8 Å². The van der Waals surface area contributed by atoms with Gasteiger partial charge in [0.15, 0.2) is 0 Å². The van der Waals surface area contributed by atoms with E-state index < -0.39 is 0 Å². The Hall–Kier alpha value is -1.82. The van der Waals surface area contributed by atoms with E-state index in [0.717, 1.165) is 12.8 Å². The Balaban J connectivity index is 2.25. The third-order valence-corrected chi connectivity index (χ3v) is 3.06. The number of aryl methyl sites for hydroxylation is 1. The normalized spacial score (nSPS) is 10.2. The fourth-order valence-corrected chi connectivity index (χ4v) is 2.11. The lowest BCUT2D eigenvalue weighted by molar-refractivity contribution is 1.10. The van der Waals surface area contributed by atoms with Crippen molar-refractivity contribution in [3.63, 3.8) is 0 Å². The molecule has 86 valence electrons. The van der Waals surface area contributed by atoms with Crippen LogP contribution in [0.15, 0.2) is 55.1 Å². The van der Waals surface area contributed by atoms with E-state index in [1.807, 2.05) is 6.08 Å². The van der Waals surface area contributed by atoms with Crippen LogP contribution in [0, 0.1) is 0 Å². The predicted octanol–water partition coefficient (Wildman–Crippen LogP) is 4.48. The summed E-state index contributed by atoms with van der Waals surface area (Å²) >= 11 is 0. The molecule has 0 spiro atoms. The Labute approximate surface area is 104 Å². The van der Waals surface area contributed by atoms with Crippen LogP contribution in [-0.4, -0.2) is 0 Å². The lowest BCUT2D eigenvalue weighted by atomic mass is 9.98. The summed E-state index contributed by atoms with van der Waals surface area (Å²) in [5.74, 6) is 0. The van der Waals surface area contributed by atoms with Gasteiger partial charge < -0.3 is 0 Å². The molecule has 0 bridgehead atoms. The van der Waals surface area contributed by atoms with Gasteiger partial charge in [-0.3, -0.25) is 0 Å². The van der Waals surface area contributed by atoms with Crippen molar-refractivity contribution < 1.29 is 0 Å². The summed E-state index contributed by atoms with van der Waals surface area (Å²) in [5, 5.41) is 0. The third-order valence-electron chi connectivity index (χ3n) is 3.06. The smallest absolute Gasteiger partial charge is 0.00257 e. The van der Waals surface area contributed by atoms with Gasteiger partial charge in [-0.1, -0.05) is 68.1 Å². The van der Waals surface area contributed by atoms with Crippen molar-refractivity contribution in [3.8, 4) is 0 Å². The van der Waals surface area contributed by atoms with Crippen LogP contribution in [0.2, 0.25) is 0 Å². The number of hydrogen-bond acceptors (Lipinski definition) is 0. The van der Waals surface area contributed by atoms with Crippen molar-refractivity contribution in [1.82, 2.24) is 0 Å². The molecule has 0 aromatic heterocycles. The number of rotatable bonds is 4. The van der Waals surface area contributed by atoms with E-state index in [1.165, 1.54) is 22.3 Å². The maximum absolute atomic E-state index is 3.85. The maximum atomic E-state index is 3.85. The first-order valence-corrected chi connectivity index (χ1v) is 6.11. The summed E-state index contributed by atoms with van der Waals surface area (Å²) in [5.41, 5.74) is 5.37. The zero-order valence-corrected chi connectivity index (χ0v) is 10.3. The Morgan fingerprint density at radius 1 is 1.00 bits per heavy atom. The molecule has 0 unspecified atom stereocenters. The van der Waals surface area contributed by atoms with E-state index in [2.05, 4.69) is 62.0 Å². The average Bonchev–Trinajstić information content (AvgIpc) is 2.40. The highest BCUT2D eigenvalue weighted by molar-refractivity contribution is 5.53. The SMILES string of the molecule is C=Cc1ccc(Cc2ccccc2)cc1CC. The minimum Gasteiger partial charge on any atom is -0.0985 e. The topological polar surface area (TPSA) is 0 Å². The molecule has 0 aliphatic heterocycles. The van der Waals surface area contributed by atoms with Gasteiger partial charge >= 0.3 is 0 Å². The van der Waals surface area contributed by atoms with Crippen LogP contribution in [0.5, 0.6) is 0 Å². The Morgan fingerprint density at radius 3 is 2.41 bits per heavy atom. The van der Waals surface area contributed by atoms with E-state index in [4.69, 9.17) is 0 Å². The first-order chi connectivity index (χ1) is 8.33. The van der Waals surface area contributed by atoms with E-state index in [1.54, 1.807) is 0 Å².